The molecule has 1 N–H and O–H groups in total. The number of rotatable bonds is 7. The van der Waals surface area contributed by atoms with Crippen molar-refractivity contribution in [3.63, 3.8) is 0 Å². The van der Waals surface area contributed by atoms with E-state index in [0.717, 1.165) is 42.8 Å². The lowest BCUT2D eigenvalue weighted by Gasteiger charge is -2.22. The lowest BCUT2D eigenvalue weighted by atomic mass is 10.2. The molecule has 0 aliphatic heterocycles. The van der Waals surface area contributed by atoms with Crippen LogP contribution in [0.2, 0.25) is 5.02 Å². The number of anilines is 1. The molecule has 0 fully saturated rings. The van der Waals surface area contributed by atoms with Crippen LogP contribution in [0.5, 0.6) is 0 Å². The SMILES string of the molecule is CS(=O)(=O)N(CC(=O)N/N=C\c1cc([N+](=O)[O-])ccc1Cl)c1cccc(C(F)(F)F)c1. The van der Waals surface area contributed by atoms with Gasteiger partial charge in [0.05, 0.1) is 28.6 Å². The molecule has 31 heavy (non-hydrogen) atoms. The average Bonchev–Trinajstić information content (AvgIpc) is 2.66. The van der Waals surface area contributed by atoms with Crippen molar-refractivity contribution in [2.24, 2.45) is 5.10 Å². The van der Waals surface area contributed by atoms with Gasteiger partial charge in [-0.1, -0.05) is 17.7 Å². The van der Waals surface area contributed by atoms with Crippen LogP contribution in [0, 0.1) is 10.1 Å². The first-order valence-electron chi connectivity index (χ1n) is 8.20. The molecule has 14 heteroatoms. The van der Waals surface area contributed by atoms with E-state index in [9.17, 15) is 36.5 Å². The second-order valence-electron chi connectivity index (χ2n) is 6.07. The van der Waals surface area contributed by atoms with Gasteiger partial charge in [-0.25, -0.2) is 13.8 Å². The molecule has 166 valence electrons. The minimum absolute atomic E-state index is 0.102. The second kappa shape index (κ2) is 9.31. The molecule has 0 spiro atoms. The topological polar surface area (TPSA) is 122 Å². The van der Waals surface area contributed by atoms with Gasteiger partial charge in [0.2, 0.25) is 10.0 Å². The third-order valence-electron chi connectivity index (χ3n) is 3.73. The molecule has 0 aromatic heterocycles. The second-order valence-corrected chi connectivity index (χ2v) is 8.39. The number of carbonyl (C=O) groups is 1. The maximum Gasteiger partial charge on any atom is 0.416 e. The normalized spacial score (nSPS) is 12.0. The number of nitro benzene ring substituents is 1. The summed E-state index contributed by atoms with van der Waals surface area (Å²) in [6.07, 6.45) is -2.97. The van der Waals surface area contributed by atoms with Crippen molar-refractivity contribution in [1.82, 2.24) is 5.43 Å². The van der Waals surface area contributed by atoms with Crippen molar-refractivity contribution >= 4 is 45.1 Å². The van der Waals surface area contributed by atoms with Gasteiger partial charge in [-0.05, 0) is 24.3 Å². The fourth-order valence-corrected chi connectivity index (χ4v) is 3.34. The highest BCUT2D eigenvalue weighted by Gasteiger charge is 2.32. The summed E-state index contributed by atoms with van der Waals surface area (Å²) >= 11 is 5.89. The van der Waals surface area contributed by atoms with Crippen LogP contribution in [-0.4, -0.2) is 38.3 Å². The maximum absolute atomic E-state index is 12.9. The third-order valence-corrected chi connectivity index (χ3v) is 5.22. The minimum Gasteiger partial charge on any atom is -0.271 e. The van der Waals surface area contributed by atoms with Crippen LogP contribution in [0.1, 0.15) is 11.1 Å². The lowest BCUT2D eigenvalue weighted by molar-refractivity contribution is -0.384. The molecule has 1 amide bonds. The van der Waals surface area contributed by atoms with Gasteiger partial charge in [0, 0.05) is 22.7 Å². The van der Waals surface area contributed by atoms with E-state index in [2.05, 4.69) is 5.10 Å². The first-order chi connectivity index (χ1) is 14.3. The quantitative estimate of drug-likeness (QED) is 0.372. The van der Waals surface area contributed by atoms with Crippen LogP contribution in [0.15, 0.2) is 47.6 Å². The predicted octanol–water partition coefficient (Wildman–Crippen LogP) is 3.18. The first-order valence-corrected chi connectivity index (χ1v) is 10.4. The Bertz CT molecular complexity index is 1140. The van der Waals surface area contributed by atoms with Crippen LogP contribution < -0.4 is 9.73 Å². The van der Waals surface area contributed by atoms with Crippen LogP contribution in [-0.2, 0) is 21.0 Å². The fraction of sp³-hybridized carbons (Fsp3) is 0.176. The standard InChI is InChI=1S/C17H14ClF3N4O5S/c1-31(29,30)24(13-4-2-3-12(8-13)17(19,20)21)10-16(26)23-22-9-11-7-14(25(27)28)5-6-15(11)18/h2-9H,10H2,1H3,(H,23,26)/b22-9-. The van der Waals surface area contributed by atoms with Crippen molar-refractivity contribution in [2.75, 3.05) is 17.1 Å². The summed E-state index contributed by atoms with van der Waals surface area (Å²) < 4.78 is 63.2. The van der Waals surface area contributed by atoms with E-state index in [0.29, 0.717) is 10.4 Å². The third kappa shape index (κ3) is 6.65. The Kier molecular flexibility index (Phi) is 7.23. The van der Waals surface area contributed by atoms with Crippen molar-refractivity contribution in [3.05, 3.63) is 68.7 Å². The summed E-state index contributed by atoms with van der Waals surface area (Å²) in [6.45, 7) is -0.861. The van der Waals surface area contributed by atoms with Crippen molar-refractivity contribution in [2.45, 2.75) is 6.18 Å². The number of sulfonamides is 1. The van der Waals surface area contributed by atoms with Gasteiger partial charge in [0.15, 0.2) is 0 Å². The molecule has 0 aliphatic carbocycles. The number of nitrogens with zero attached hydrogens (tertiary/aromatic N) is 3. The number of hydrogen-bond donors (Lipinski definition) is 1. The molecule has 0 saturated carbocycles. The fourth-order valence-electron chi connectivity index (χ4n) is 2.32. The summed E-state index contributed by atoms with van der Waals surface area (Å²) in [7, 11) is -4.12. The monoisotopic (exact) mass is 478 g/mol. The molecule has 2 rings (SSSR count). The Morgan fingerprint density at radius 1 is 1.29 bits per heavy atom. The largest absolute Gasteiger partial charge is 0.416 e. The zero-order valence-corrected chi connectivity index (χ0v) is 17.2. The van der Waals surface area contributed by atoms with E-state index in [1.807, 2.05) is 5.43 Å². The van der Waals surface area contributed by atoms with Crippen molar-refractivity contribution in [1.29, 1.82) is 0 Å². The van der Waals surface area contributed by atoms with E-state index in [-0.39, 0.29) is 22.0 Å². The van der Waals surface area contributed by atoms with Gasteiger partial charge in [0.1, 0.15) is 6.54 Å². The molecule has 0 radical (unpaired) electrons. The number of nitrogens with one attached hydrogen (secondary N) is 1. The molecule has 0 atom stereocenters. The Morgan fingerprint density at radius 2 is 1.97 bits per heavy atom. The summed E-state index contributed by atoms with van der Waals surface area (Å²) in [5, 5.41) is 14.5. The molecular formula is C17H14ClF3N4O5S. The van der Waals surface area contributed by atoms with Gasteiger partial charge in [0.25, 0.3) is 11.6 Å². The Hall–Kier alpha value is -3.19. The highest BCUT2D eigenvalue weighted by molar-refractivity contribution is 7.92. The number of amides is 1. The van der Waals surface area contributed by atoms with E-state index >= 15 is 0 Å². The Balaban J connectivity index is 2.19. The molecule has 0 bridgehead atoms. The van der Waals surface area contributed by atoms with Crippen LogP contribution in [0.4, 0.5) is 24.5 Å². The molecule has 2 aromatic carbocycles. The van der Waals surface area contributed by atoms with Gasteiger partial charge in [-0.2, -0.15) is 18.3 Å². The number of carbonyl (C=O) groups excluding carboxylic acids is 1. The molecular weight excluding hydrogens is 465 g/mol. The van der Waals surface area contributed by atoms with Crippen LogP contribution >= 0.6 is 11.6 Å². The average molecular weight is 479 g/mol. The van der Waals surface area contributed by atoms with Crippen molar-refractivity contribution < 1.29 is 31.3 Å². The van der Waals surface area contributed by atoms with Crippen molar-refractivity contribution in [3.8, 4) is 0 Å². The van der Waals surface area contributed by atoms with Gasteiger partial charge >= 0.3 is 6.18 Å². The van der Waals surface area contributed by atoms with E-state index in [1.54, 1.807) is 0 Å². The number of benzene rings is 2. The number of nitro groups is 1. The van der Waals surface area contributed by atoms with E-state index in [4.69, 9.17) is 11.6 Å². The smallest absolute Gasteiger partial charge is 0.271 e. The highest BCUT2D eigenvalue weighted by atomic mass is 35.5. The lowest BCUT2D eigenvalue weighted by Crippen LogP contribution is -2.39. The maximum atomic E-state index is 12.9. The summed E-state index contributed by atoms with van der Waals surface area (Å²) in [4.78, 5) is 22.2. The summed E-state index contributed by atoms with van der Waals surface area (Å²) in [5.74, 6) is -0.972. The van der Waals surface area contributed by atoms with Gasteiger partial charge < -0.3 is 0 Å². The molecule has 2 aromatic rings. The van der Waals surface area contributed by atoms with E-state index < -0.39 is 39.1 Å². The molecule has 0 unspecified atom stereocenters. The molecule has 0 aliphatic rings. The number of halogens is 4. The minimum atomic E-state index is -4.71. The number of non-ortho nitro benzene ring substituents is 1. The number of hydrazone groups is 1. The number of alkyl halides is 3. The van der Waals surface area contributed by atoms with Gasteiger partial charge in [-0.15, -0.1) is 0 Å². The van der Waals surface area contributed by atoms with Crippen LogP contribution in [0.25, 0.3) is 0 Å². The molecule has 0 heterocycles. The van der Waals surface area contributed by atoms with Gasteiger partial charge in [-0.3, -0.25) is 19.2 Å². The van der Waals surface area contributed by atoms with Crippen LogP contribution in [0.3, 0.4) is 0 Å². The summed E-state index contributed by atoms with van der Waals surface area (Å²) in [5.41, 5.74) is 0.382. The Morgan fingerprint density at radius 3 is 2.55 bits per heavy atom. The first kappa shape index (κ1) is 24.1. The summed E-state index contributed by atoms with van der Waals surface area (Å²) in [6, 6.07) is 6.99. The number of hydrogen-bond acceptors (Lipinski definition) is 6. The van der Waals surface area contributed by atoms with E-state index in [1.165, 1.54) is 6.07 Å². The molecule has 9 nitrogen and oxygen atoms in total. The zero-order valence-electron chi connectivity index (χ0n) is 15.6. The molecule has 0 saturated heterocycles. The highest BCUT2D eigenvalue weighted by Crippen LogP contribution is 2.32. The predicted molar refractivity (Wildman–Crippen MR) is 107 cm³/mol. The Labute approximate surface area is 179 Å². The zero-order chi connectivity index (χ0) is 23.4.